The number of nitrogens with one attached hydrogen (secondary N) is 2. The van der Waals surface area contributed by atoms with E-state index in [1.165, 1.54) is 10.8 Å². The van der Waals surface area contributed by atoms with Gasteiger partial charge < -0.3 is 5.32 Å². The predicted molar refractivity (Wildman–Crippen MR) is 73.3 cm³/mol. The Kier molecular flexibility index (Phi) is 2.64. The Balaban J connectivity index is 1.60. The van der Waals surface area contributed by atoms with Crippen LogP contribution in [0.2, 0.25) is 0 Å². The molecule has 0 radical (unpaired) electrons. The molecule has 3 unspecified atom stereocenters. The SMILES string of the molecule is CC1C2CNCC2CN1Cc1cc(=O)n2[nH]cnc2n1. The number of likely N-dealkylation sites (tertiary alicyclic amines) is 1. The molecule has 2 N–H and O–H groups in total. The average molecular weight is 274 g/mol. The first kappa shape index (κ1) is 12.0. The second-order valence-corrected chi connectivity index (χ2v) is 5.86. The van der Waals surface area contributed by atoms with E-state index in [4.69, 9.17) is 0 Å². The lowest BCUT2D eigenvalue weighted by atomic mass is 9.95. The van der Waals surface area contributed by atoms with Crippen LogP contribution >= 0.6 is 0 Å². The summed E-state index contributed by atoms with van der Waals surface area (Å²) in [4.78, 5) is 22.9. The maximum absolute atomic E-state index is 11.9. The van der Waals surface area contributed by atoms with Gasteiger partial charge in [-0.1, -0.05) is 0 Å². The number of H-pyrrole nitrogens is 1. The third-order valence-corrected chi connectivity index (χ3v) is 4.74. The molecule has 0 spiro atoms. The topological polar surface area (TPSA) is 78.3 Å². The van der Waals surface area contributed by atoms with Crippen molar-refractivity contribution in [2.24, 2.45) is 11.8 Å². The molecular formula is C13H18N6O. The summed E-state index contributed by atoms with van der Waals surface area (Å²) in [5, 5.41) is 6.22. The minimum absolute atomic E-state index is 0.101. The molecule has 4 heterocycles. The van der Waals surface area contributed by atoms with Crippen LogP contribution in [0.25, 0.3) is 5.78 Å². The molecule has 7 nitrogen and oxygen atoms in total. The van der Waals surface area contributed by atoms with Crippen molar-refractivity contribution >= 4 is 5.78 Å². The van der Waals surface area contributed by atoms with E-state index in [0.29, 0.717) is 11.8 Å². The fourth-order valence-corrected chi connectivity index (χ4v) is 3.62. The highest BCUT2D eigenvalue weighted by atomic mass is 16.1. The van der Waals surface area contributed by atoms with Crippen molar-refractivity contribution in [1.82, 2.24) is 29.8 Å². The van der Waals surface area contributed by atoms with Crippen LogP contribution in [-0.4, -0.2) is 50.2 Å². The van der Waals surface area contributed by atoms with E-state index < -0.39 is 0 Å². The number of aromatic nitrogens is 4. The largest absolute Gasteiger partial charge is 0.316 e. The van der Waals surface area contributed by atoms with Gasteiger partial charge in [0.2, 0.25) is 0 Å². The standard InChI is InChI=1S/C13H18N6O/c1-8-11-4-14-3-9(11)5-18(8)6-10-2-12(20)19-13(17-10)15-7-16-19/h2,7-9,11,14H,3-6H2,1H3,(H,15,16,17). The number of fused-ring (bicyclic) bond motifs is 2. The normalized spacial score (nSPS) is 30.1. The lowest BCUT2D eigenvalue weighted by molar-refractivity contribution is 0.229. The zero-order valence-electron chi connectivity index (χ0n) is 11.4. The molecule has 7 heteroatoms. The van der Waals surface area contributed by atoms with Gasteiger partial charge in [-0.2, -0.15) is 4.52 Å². The van der Waals surface area contributed by atoms with E-state index in [1.54, 1.807) is 6.07 Å². The summed E-state index contributed by atoms with van der Waals surface area (Å²) in [6, 6.07) is 2.14. The molecule has 3 atom stereocenters. The maximum Gasteiger partial charge on any atom is 0.274 e. The summed E-state index contributed by atoms with van der Waals surface area (Å²) in [7, 11) is 0. The molecule has 2 aliphatic rings. The van der Waals surface area contributed by atoms with Crippen LogP contribution in [0.15, 0.2) is 17.2 Å². The van der Waals surface area contributed by atoms with E-state index in [2.05, 4.69) is 32.2 Å². The van der Waals surface area contributed by atoms with Gasteiger partial charge in [-0.25, -0.2) is 9.97 Å². The highest BCUT2D eigenvalue weighted by Gasteiger charge is 2.41. The zero-order chi connectivity index (χ0) is 13.7. The number of hydrogen-bond acceptors (Lipinski definition) is 5. The molecule has 20 heavy (non-hydrogen) atoms. The van der Waals surface area contributed by atoms with Gasteiger partial charge >= 0.3 is 0 Å². The van der Waals surface area contributed by atoms with Gasteiger partial charge in [-0.3, -0.25) is 14.8 Å². The second-order valence-electron chi connectivity index (χ2n) is 5.86. The van der Waals surface area contributed by atoms with E-state index in [0.717, 1.165) is 43.7 Å². The molecule has 2 aliphatic heterocycles. The average Bonchev–Trinajstić information content (AvgIpc) is 3.09. The molecule has 106 valence electrons. The molecule has 4 rings (SSSR count). The summed E-state index contributed by atoms with van der Waals surface area (Å²) in [6.45, 7) is 6.31. The lowest BCUT2D eigenvalue weighted by Crippen LogP contribution is -2.33. The van der Waals surface area contributed by atoms with Crippen LogP contribution in [0.4, 0.5) is 0 Å². The van der Waals surface area contributed by atoms with Crippen molar-refractivity contribution in [3.63, 3.8) is 0 Å². The van der Waals surface area contributed by atoms with Crippen LogP contribution < -0.4 is 10.9 Å². The Morgan fingerprint density at radius 2 is 2.35 bits per heavy atom. The fourth-order valence-electron chi connectivity index (χ4n) is 3.62. The Hall–Kier alpha value is -1.73. The minimum atomic E-state index is -0.101. The molecule has 0 bridgehead atoms. The summed E-state index contributed by atoms with van der Waals surface area (Å²) >= 11 is 0. The fraction of sp³-hybridized carbons (Fsp3) is 0.615. The summed E-state index contributed by atoms with van der Waals surface area (Å²) in [5.74, 6) is 1.91. The molecule has 2 aromatic rings. The predicted octanol–water partition coefficient (Wildman–Crippen LogP) is -0.543. The Bertz CT molecular complexity index is 691. The molecule has 2 fully saturated rings. The molecule has 2 aromatic heterocycles. The molecule has 0 amide bonds. The first-order valence-electron chi connectivity index (χ1n) is 7.09. The van der Waals surface area contributed by atoms with Gasteiger partial charge in [0, 0.05) is 25.2 Å². The monoisotopic (exact) mass is 274 g/mol. The van der Waals surface area contributed by atoms with E-state index in [1.807, 2.05) is 0 Å². The quantitative estimate of drug-likeness (QED) is 0.769. The van der Waals surface area contributed by atoms with Crippen molar-refractivity contribution in [2.45, 2.75) is 19.5 Å². The van der Waals surface area contributed by atoms with Crippen molar-refractivity contribution in [1.29, 1.82) is 0 Å². The maximum atomic E-state index is 11.9. The van der Waals surface area contributed by atoms with Crippen molar-refractivity contribution in [3.05, 3.63) is 28.4 Å². The number of aromatic amines is 1. The number of nitrogens with zero attached hydrogens (tertiary/aromatic N) is 4. The van der Waals surface area contributed by atoms with E-state index in [9.17, 15) is 4.79 Å². The van der Waals surface area contributed by atoms with E-state index >= 15 is 0 Å². The Morgan fingerprint density at radius 1 is 1.45 bits per heavy atom. The minimum Gasteiger partial charge on any atom is -0.316 e. The summed E-state index contributed by atoms with van der Waals surface area (Å²) < 4.78 is 1.36. The summed E-state index contributed by atoms with van der Waals surface area (Å²) in [5.41, 5.74) is 0.707. The van der Waals surface area contributed by atoms with Gasteiger partial charge in [0.15, 0.2) is 0 Å². The van der Waals surface area contributed by atoms with Crippen LogP contribution in [0.5, 0.6) is 0 Å². The molecule has 2 saturated heterocycles. The van der Waals surface area contributed by atoms with Gasteiger partial charge in [0.25, 0.3) is 11.3 Å². The van der Waals surface area contributed by atoms with Crippen LogP contribution in [-0.2, 0) is 6.54 Å². The third-order valence-electron chi connectivity index (χ3n) is 4.74. The third kappa shape index (κ3) is 1.77. The van der Waals surface area contributed by atoms with Gasteiger partial charge in [0.1, 0.15) is 6.33 Å². The smallest absolute Gasteiger partial charge is 0.274 e. The van der Waals surface area contributed by atoms with Crippen LogP contribution in [0, 0.1) is 11.8 Å². The van der Waals surface area contributed by atoms with E-state index in [-0.39, 0.29) is 5.56 Å². The Labute approximate surface area is 116 Å². The molecule has 0 saturated carbocycles. The van der Waals surface area contributed by atoms with Crippen molar-refractivity contribution in [3.8, 4) is 0 Å². The number of rotatable bonds is 2. The molecule has 0 aromatic carbocycles. The van der Waals surface area contributed by atoms with Gasteiger partial charge in [0.05, 0.1) is 5.69 Å². The first-order valence-corrected chi connectivity index (χ1v) is 7.09. The molecular weight excluding hydrogens is 256 g/mol. The second kappa shape index (κ2) is 4.39. The van der Waals surface area contributed by atoms with Gasteiger partial charge in [-0.05, 0) is 31.8 Å². The summed E-state index contributed by atoms with van der Waals surface area (Å²) in [6.07, 6.45) is 1.49. The van der Waals surface area contributed by atoms with Gasteiger partial charge in [-0.15, -0.1) is 0 Å². The van der Waals surface area contributed by atoms with Crippen LogP contribution in [0.1, 0.15) is 12.6 Å². The zero-order valence-corrected chi connectivity index (χ0v) is 11.4. The molecule has 0 aliphatic carbocycles. The highest BCUT2D eigenvalue weighted by Crippen LogP contribution is 2.32. The first-order chi connectivity index (χ1) is 9.72. The van der Waals surface area contributed by atoms with Crippen molar-refractivity contribution in [2.75, 3.05) is 19.6 Å². The number of hydrogen-bond donors (Lipinski definition) is 2. The lowest BCUT2D eigenvalue weighted by Gasteiger charge is -2.23. The van der Waals surface area contributed by atoms with Crippen molar-refractivity contribution < 1.29 is 0 Å². The Morgan fingerprint density at radius 3 is 3.20 bits per heavy atom. The van der Waals surface area contributed by atoms with Crippen LogP contribution in [0.3, 0.4) is 0 Å². The highest BCUT2D eigenvalue weighted by molar-refractivity contribution is 5.26.